The molecule has 1 aromatic heterocycles. The highest BCUT2D eigenvalue weighted by Gasteiger charge is 2.21. The van der Waals surface area contributed by atoms with E-state index in [-0.39, 0.29) is 23.3 Å². The van der Waals surface area contributed by atoms with Crippen LogP contribution in [-0.2, 0) is 0 Å². The zero-order valence-corrected chi connectivity index (χ0v) is 10.3. The van der Waals surface area contributed by atoms with E-state index in [2.05, 4.69) is 15.6 Å². The lowest BCUT2D eigenvalue weighted by Gasteiger charge is -2.12. The van der Waals surface area contributed by atoms with E-state index < -0.39 is 5.82 Å². The number of halogens is 1. The van der Waals surface area contributed by atoms with Gasteiger partial charge in [0.1, 0.15) is 0 Å². The van der Waals surface area contributed by atoms with E-state index in [0.29, 0.717) is 0 Å². The lowest BCUT2D eigenvalue weighted by Crippen LogP contribution is -2.35. The van der Waals surface area contributed by atoms with Crippen LogP contribution in [0.5, 0.6) is 0 Å². The molecule has 1 unspecified atom stereocenters. The summed E-state index contributed by atoms with van der Waals surface area (Å²) in [5.74, 6) is 1.08. The van der Waals surface area contributed by atoms with Crippen molar-refractivity contribution in [1.29, 1.82) is 0 Å². The summed E-state index contributed by atoms with van der Waals surface area (Å²) in [5, 5.41) is 5.45. The minimum absolute atomic E-state index is 0.0428. The summed E-state index contributed by atoms with van der Waals surface area (Å²) in [7, 11) is 1.57. The molecule has 2 N–H and O–H groups in total. The summed E-state index contributed by atoms with van der Waals surface area (Å²) in [5.41, 5.74) is 0.0428. The smallest absolute Gasteiger partial charge is 0.254 e. The van der Waals surface area contributed by atoms with E-state index >= 15 is 0 Å². The highest BCUT2D eigenvalue weighted by Crippen LogP contribution is 2.19. The van der Waals surface area contributed by atoms with Crippen molar-refractivity contribution < 1.29 is 9.18 Å². The van der Waals surface area contributed by atoms with Crippen LogP contribution in [0.25, 0.3) is 0 Å². The van der Waals surface area contributed by atoms with Crippen LogP contribution < -0.4 is 10.6 Å². The number of hydrogen-bond acceptors (Lipinski definition) is 4. The van der Waals surface area contributed by atoms with Crippen molar-refractivity contribution in [2.24, 2.45) is 0 Å². The minimum atomic E-state index is -0.599. The van der Waals surface area contributed by atoms with Gasteiger partial charge in [0.25, 0.3) is 5.91 Å². The Bertz CT molecular complexity index is 421. The SMILES string of the molecule is CNc1nccc(C(=O)NC2CCSC2)c1F. The van der Waals surface area contributed by atoms with Crippen LogP contribution in [0.1, 0.15) is 16.8 Å². The molecule has 1 saturated heterocycles. The van der Waals surface area contributed by atoms with Gasteiger partial charge in [-0.05, 0) is 18.2 Å². The Labute approximate surface area is 103 Å². The molecule has 1 amide bonds. The number of pyridine rings is 1. The topological polar surface area (TPSA) is 54.0 Å². The third kappa shape index (κ3) is 2.69. The molecular formula is C11H14FN3OS. The molecule has 2 heterocycles. The predicted molar refractivity (Wildman–Crippen MR) is 66.9 cm³/mol. The summed E-state index contributed by atoms with van der Waals surface area (Å²) in [4.78, 5) is 15.7. The first-order chi connectivity index (χ1) is 8.22. The Balaban J connectivity index is 2.12. The number of carbonyl (C=O) groups excluding carboxylic acids is 1. The van der Waals surface area contributed by atoms with E-state index in [4.69, 9.17) is 0 Å². The first kappa shape index (κ1) is 12.2. The van der Waals surface area contributed by atoms with E-state index in [0.717, 1.165) is 17.9 Å². The molecule has 4 nitrogen and oxygen atoms in total. The maximum absolute atomic E-state index is 13.8. The summed E-state index contributed by atoms with van der Waals surface area (Å²) in [6, 6.07) is 1.55. The standard InChI is InChI=1S/C11H14FN3OS/c1-13-10-9(12)8(2-4-14-10)11(16)15-7-3-5-17-6-7/h2,4,7H,3,5-6H2,1H3,(H,13,14)(H,15,16). The largest absolute Gasteiger partial charge is 0.371 e. The van der Waals surface area contributed by atoms with Gasteiger partial charge in [-0.2, -0.15) is 11.8 Å². The predicted octanol–water partition coefficient (Wildman–Crippen LogP) is 1.50. The Morgan fingerprint density at radius 3 is 3.12 bits per heavy atom. The van der Waals surface area contributed by atoms with Crippen molar-refractivity contribution in [3.63, 3.8) is 0 Å². The summed E-state index contributed by atoms with van der Waals surface area (Å²) in [6.45, 7) is 0. The van der Waals surface area contributed by atoms with Gasteiger partial charge in [0.2, 0.25) is 0 Å². The third-order valence-corrected chi connectivity index (χ3v) is 3.80. The molecule has 6 heteroatoms. The number of anilines is 1. The lowest BCUT2D eigenvalue weighted by molar-refractivity contribution is 0.0937. The molecular weight excluding hydrogens is 241 g/mol. The van der Waals surface area contributed by atoms with Gasteiger partial charge < -0.3 is 10.6 Å². The third-order valence-electron chi connectivity index (χ3n) is 2.64. The second-order valence-corrected chi connectivity index (χ2v) is 4.95. The fourth-order valence-corrected chi connectivity index (χ4v) is 2.86. The molecule has 17 heavy (non-hydrogen) atoms. The highest BCUT2D eigenvalue weighted by atomic mass is 32.2. The van der Waals surface area contributed by atoms with Gasteiger partial charge in [0.15, 0.2) is 11.6 Å². The molecule has 0 aromatic carbocycles. The van der Waals surface area contributed by atoms with E-state index in [9.17, 15) is 9.18 Å². The Hall–Kier alpha value is -1.30. The molecule has 0 saturated carbocycles. The van der Waals surface area contributed by atoms with Crippen molar-refractivity contribution in [1.82, 2.24) is 10.3 Å². The van der Waals surface area contributed by atoms with E-state index in [1.54, 1.807) is 18.8 Å². The molecule has 0 aliphatic carbocycles. The van der Waals surface area contributed by atoms with Crippen LogP contribution in [0, 0.1) is 5.82 Å². The maximum atomic E-state index is 13.8. The fraction of sp³-hybridized carbons (Fsp3) is 0.455. The van der Waals surface area contributed by atoms with Gasteiger partial charge in [-0.25, -0.2) is 9.37 Å². The number of thioether (sulfide) groups is 1. The highest BCUT2D eigenvalue weighted by molar-refractivity contribution is 7.99. The van der Waals surface area contributed by atoms with Crippen LogP contribution in [0.15, 0.2) is 12.3 Å². The fourth-order valence-electron chi connectivity index (χ4n) is 1.70. The monoisotopic (exact) mass is 255 g/mol. The van der Waals surface area contributed by atoms with Gasteiger partial charge in [-0.1, -0.05) is 0 Å². The average Bonchev–Trinajstić information content (AvgIpc) is 2.82. The van der Waals surface area contributed by atoms with E-state index in [1.807, 2.05) is 0 Å². The molecule has 0 radical (unpaired) electrons. The second kappa shape index (κ2) is 5.35. The molecule has 1 fully saturated rings. The number of carbonyl (C=O) groups is 1. The first-order valence-electron chi connectivity index (χ1n) is 5.43. The molecule has 92 valence electrons. The molecule has 1 aliphatic heterocycles. The average molecular weight is 255 g/mol. The number of hydrogen-bond donors (Lipinski definition) is 2. The van der Waals surface area contributed by atoms with Gasteiger partial charge in [0, 0.05) is 25.0 Å². The van der Waals surface area contributed by atoms with Crippen molar-refractivity contribution in [2.75, 3.05) is 23.9 Å². The van der Waals surface area contributed by atoms with Crippen LogP contribution in [0.2, 0.25) is 0 Å². The normalized spacial score (nSPS) is 19.1. The number of nitrogens with one attached hydrogen (secondary N) is 2. The van der Waals surface area contributed by atoms with Crippen molar-refractivity contribution >= 4 is 23.5 Å². The van der Waals surface area contributed by atoms with Crippen molar-refractivity contribution in [3.05, 3.63) is 23.6 Å². The number of rotatable bonds is 3. The minimum Gasteiger partial charge on any atom is -0.371 e. The quantitative estimate of drug-likeness (QED) is 0.859. The zero-order valence-electron chi connectivity index (χ0n) is 9.50. The van der Waals surface area contributed by atoms with E-state index in [1.165, 1.54) is 12.3 Å². The number of aromatic nitrogens is 1. The zero-order chi connectivity index (χ0) is 12.3. The van der Waals surface area contributed by atoms with Crippen LogP contribution in [-0.4, -0.2) is 35.5 Å². The second-order valence-electron chi connectivity index (χ2n) is 3.81. The number of nitrogens with zero attached hydrogens (tertiary/aromatic N) is 1. The maximum Gasteiger partial charge on any atom is 0.254 e. The first-order valence-corrected chi connectivity index (χ1v) is 6.58. The van der Waals surface area contributed by atoms with Crippen LogP contribution in [0.3, 0.4) is 0 Å². The Morgan fingerprint density at radius 1 is 1.65 bits per heavy atom. The number of amides is 1. The molecule has 0 bridgehead atoms. The van der Waals surface area contributed by atoms with Crippen LogP contribution in [0.4, 0.5) is 10.2 Å². The summed E-state index contributed by atoms with van der Waals surface area (Å²) < 4.78 is 13.8. The van der Waals surface area contributed by atoms with Gasteiger partial charge in [0.05, 0.1) is 5.56 Å². The molecule has 1 atom stereocenters. The molecule has 2 rings (SSSR count). The summed E-state index contributed by atoms with van der Waals surface area (Å²) in [6.07, 6.45) is 2.37. The Kier molecular flexibility index (Phi) is 3.83. The van der Waals surface area contributed by atoms with Gasteiger partial charge in [-0.15, -0.1) is 0 Å². The Morgan fingerprint density at radius 2 is 2.47 bits per heavy atom. The van der Waals surface area contributed by atoms with Crippen LogP contribution >= 0.6 is 11.8 Å². The van der Waals surface area contributed by atoms with Gasteiger partial charge in [-0.3, -0.25) is 4.79 Å². The van der Waals surface area contributed by atoms with Crippen molar-refractivity contribution in [2.45, 2.75) is 12.5 Å². The summed E-state index contributed by atoms with van der Waals surface area (Å²) >= 11 is 1.80. The van der Waals surface area contributed by atoms with Crippen molar-refractivity contribution in [3.8, 4) is 0 Å². The molecule has 1 aliphatic rings. The molecule has 0 spiro atoms. The molecule has 1 aromatic rings. The van der Waals surface area contributed by atoms with Gasteiger partial charge >= 0.3 is 0 Å². The lowest BCUT2D eigenvalue weighted by atomic mass is 10.2.